The second kappa shape index (κ2) is 7.16. The molecule has 1 heterocycles. The first-order chi connectivity index (χ1) is 9.32. The Morgan fingerprint density at radius 1 is 1.55 bits per heavy atom. The SMILES string of the molecule is CCCn1cc(S(=O)(=O)N(C)CC(O)COC)nc1C. The molecule has 116 valence electrons. The molecule has 8 heteroatoms. The average molecular weight is 305 g/mol. The largest absolute Gasteiger partial charge is 0.389 e. The number of ether oxygens (including phenoxy) is 1. The third kappa shape index (κ3) is 4.02. The number of hydrogen-bond acceptors (Lipinski definition) is 5. The van der Waals surface area contributed by atoms with Crippen molar-refractivity contribution in [2.75, 3.05) is 27.3 Å². The van der Waals surface area contributed by atoms with Crippen LogP contribution in [0.5, 0.6) is 0 Å². The Labute approximate surface area is 120 Å². The lowest BCUT2D eigenvalue weighted by molar-refractivity contribution is 0.0554. The van der Waals surface area contributed by atoms with Crippen LogP contribution in [0.1, 0.15) is 19.2 Å². The van der Waals surface area contributed by atoms with Gasteiger partial charge in [0.2, 0.25) is 0 Å². The smallest absolute Gasteiger partial charge is 0.261 e. The lowest BCUT2D eigenvalue weighted by Gasteiger charge is -2.18. The van der Waals surface area contributed by atoms with Gasteiger partial charge in [-0.2, -0.15) is 4.31 Å². The van der Waals surface area contributed by atoms with Gasteiger partial charge in [-0.3, -0.25) is 0 Å². The van der Waals surface area contributed by atoms with Crippen LogP contribution in [0.25, 0.3) is 0 Å². The molecule has 0 aliphatic rings. The predicted molar refractivity (Wildman–Crippen MR) is 75.0 cm³/mol. The van der Waals surface area contributed by atoms with Gasteiger partial charge in [0, 0.05) is 33.4 Å². The van der Waals surface area contributed by atoms with E-state index in [1.54, 1.807) is 6.92 Å². The summed E-state index contributed by atoms with van der Waals surface area (Å²) in [6.07, 6.45) is 1.57. The fourth-order valence-electron chi connectivity index (χ4n) is 1.87. The summed E-state index contributed by atoms with van der Waals surface area (Å²) in [4.78, 5) is 4.10. The molecule has 1 N–H and O–H groups in total. The van der Waals surface area contributed by atoms with Crippen LogP contribution in [0, 0.1) is 6.92 Å². The molecule has 0 saturated heterocycles. The minimum absolute atomic E-state index is 0.00978. The first-order valence-corrected chi connectivity index (χ1v) is 7.94. The van der Waals surface area contributed by atoms with Crippen LogP contribution in [0.4, 0.5) is 0 Å². The Morgan fingerprint density at radius 2 is 2.20 bits per heavy atom. The van der Waals surface area contributed by atoms with E-state index in [0.29, 0.717) is 5.82 Å². The highest BCUT2D eigenvalue weighted by molar-refractivity contribution is 7.89. The maximum absolute atomic E-state index is 12.3. The quantitative estimate of drug-likeness (QED) is 0.743. The average Bonchev–Trinajstić information content (AvgIpc) is 2.72. The van der Waals surface area contributed by atoms with Crippen molar-refractivity contribution in [3.63, 3.8) is 0 Å². The van der Waals surface area contributed by atoms with E-state index >= 15 is 0 Å². The summed E-state index contributed by atoms with van der Waals surface area (Å²) in [7, 11) is -0.816. The maximum atomic E-state index is 12.3. The number of aryl methyl sites for hydroxylation is 2. The van der Waals surface area contributed by atoms with E-state index in [1.807, 2.05) is 11.5 Å². The second-order valence-corrected chi connectivity index (χ2v) is 6.71. The van der Waals surface area contributed by atoms with Crippen LogP contribution in [0.15, 0.2) is 11.2 Å². The van der Waals surface area contributed by atoms with Crippen molar-refractivity contribution in [1.82, 2.24) is 13.9 Å². The van der Waals surface area contributed by atoms with Crippen LogP contribution in [-0.4, -0.2) is 60.8 Å². The van der Waals surface area contributed by atoms with Crippen LogP contribution in [0.3, 0.4) is 0 Å². The lowest BCUT2D eigenvalue weighted by atomic mass is 10.4. The Bertz CT molecular complexity index is 527. The number of sulfonamides is 1. The molecule has 0 saturated carbocycles. The number of methoxy groups -OCH3 is 1. The Hall–Kier alpha value is -0.960. The van der Waals surface area contributed by atoms with Crippen LogP contribution in [-0.2, 0) is 21.3 Å². The molecule has 1 atom stereocenters. The molecule has 0 amide bonds. The molecule has 1 aromatic heterocycles. The van der Waals surface area contributed by atoms with Gasteiger partial charge in [0.05, 0.1) is 12.7 Å². The highest BCUT2D eigenvalue weighted by Gasteiger charge is 2.26. The fraction of sp³-hybridized carbons (Fsp3) is 0.750. The zero-order valence-electron chi connectivity index (χ0n) is 12.4. The number of nitrogens with zero attached hydrogens (tertiary/aromatic N) is 3. The topological polar surface area (TPSA) is 84.7 Å². The van der Waals surface area contributed by atoms with Crippen LogP contribution < -0.4 is 0 Å². The Balaban J connectivity index is 2.89. The molecule has 0 aliphatic heterocycles. The number of imidazole rings is 1. The van der Waals surface area contributed by atoms with Gasteiger partial charge in [-0.05, 0) is 13.3 Å². The fourth-order valence-corrected chi connectivity index (χ4v) is 3.07. The normalized spacial score (nSPS) is 13.9. The number of likely N-dealkylation sites (N-methyl/N-ethyl adjacent to an activating group) is 1. The van der Waals surface area contributed by atoms with Gasteiger partial charge < -0.3 is 14.4 Å². The van der Waals surface area contributed by atoms with E-state index in [4.69, 9.17) is 4.74 Å². The highest BCUT2D eigenvalue weighted by atomic mass is 32.2. The van der Waals surface area contributed by atoms with E-state index < -0.39 is 16.1 Å². The standard InChI is InChI=1S/C12H23N3O4S/c1-5-6-15-8-12(13-10(15)2)20(17,18)14(3)7-11(16)9-19-4/h8,11,16H,5-7,9H2,1-4H3. The second-order valence-electron chi connectivity index (χ2n) is 4.71. The molecular weight excluding hydrogens is 282 g/mol. The lowest BCUT2D eigenvalue weighted by Crippen LogP contribution is -2.36. The Morgan fingerprint density at radius 3 is 2.75 bits per heavy atom. The summed E-state index contributed by atoms with van der Waals surface area (Å²) >= 11 is 0. The molecule has 0 fully saturated rings. The summed E-state index contributed by atoms with van der Waals surface area (Å²) in [5.41, 5.74) is 0. The number of hydrogen-bond donors (Lipinski definition) is 1. The van der Waals surface area contributed by atoms with Crippen LogP contribution >= 0.6 is 0 Å². The summed E-state index contributed by atoms with van der Waals surface area (Å²) in [6, 6.07) is 0. The zero-order valence-corrected chi connectivity index (χ0v) is 13.2. The summed E-state index contributed by atoms with van der Waals surface area (Å²) in [5.74, 6) is 0.663. The van der Waals surface area contributed by atoms with Gasteiger partial charge >= 0.3 is 0 Å². The summed E-state index contributed by atoms with van der Waals surface area (Å²) in [6.45, 7) is 4.57. The molecular formula is C12H23N3O4S. The maximum Gasteiger partial charge on any atom is 0.261 e. The van der Waals surface area contributed by atoms with Crippen molar-refractivity contribution < 1.29 is 18.3 Å². The van der Waals surface area contributed by atoms with Gasteiger partial charge in [0.1, 0.15) is 5.82 Å². The molecule has 0 radical (unpaired) electrons. The number of aromatic nitrogens is 2. The Kier molecular flexibility index (Phi) is 6.12. The van der Waals surface area contributed by atoms with Gasteiger partial charge in [-0.15, -0.1) is 0 Å². The third-order valence-electron chi connectivity index (χ3n) is 2.92. The molecule has 0 spiro atoms. The molecule has 1 unspecified atom stereocenters. The summed E-state index contributed by atoms with van der Waals surface area (Å²) < 4.78 is 32.4. The third-order valence-corrected chi connectivity index (χ3v) is 4.61. The van der Waals surface area contributed by atoms with Crippen molar-refractivity contribution in [2.24, 2.45) is 0 Å². The monoisotopic (exact) mass is 305 g/mol. The number of aliphatic hydroxyl groups excluding tert-OH is 1. The van der Waals surface area contributed by atoms with E-state index in [9.17, 15) is 13.5 Å². The van der Waals surface area contributed by atoms with Gasteiger partial charge in [0.25, 0.3) is 10.0 Å². The molecule has 0 aromatic carbocycles. The molecule has 20 heavy (non-hydrogen) atoms. The van der Waals surface area contributed by atoms with E-state index in [1.165, 1.54) is 20.4 Å². The molecule has 1 aromatic rings. The van der Waals surface area contributed by atoms with Gasteiger partial charge in [0.15, 0.2) is 5.03 Å². The molecule has 0 aliphatic carbocycles. The van der Waals surface area contributed by atoms with Crippen molar-refractivity contribution >= 4 is 10.0 Å². The van der Waals surface area contributed by atoms with E-state index in [0.717, 1.165) is 17.3 Å². The zero-order chi connectivity index (χ0) is 15.3. The molecule has 7 nitrogen and oxygen atoms in total. The van der Waals surface area contributed by atoms with Crippen molar-refractivity contribution in [3.8, 4) is 0 Å². The van der Waals surface area contributed by atoms with E-state index in [-0.39, 0.29) is 18.2 Å². The summed E-state index contributed by atoms with van der Waals surface area (Å²) in [5, 5.41) is 9.63. The van der Waals surface area contributed by atoms with E-state index in [2.05, 4.69) is 4.98 Å². The molecule has 0 bridgehead atoms. The molecule has 1 rings (SSSR count). The minimum atomic E-state index is -3.69. The van der Waals surface area contributed by atoms with Crippen LogP contribution in [0.2, 0.25) is 0 Å². The van der Waals surface area contributed by atoms with Crippen molar-refractivity contribution in [1.29, 1.82) is 0 Å². The van der Waals surface area contributed by atoms with Crippen molar-refractivity contribution in [3.05, 3.63) is 12.0 Å². The number of aliphatic hydroxyl groups is 1. The first kappa shape index (κ1) is 17.1. The highest BCUT2D eigenvalue weighted by Crippen LogP contribution is 2.14. The van der Waals surface area contributed by atoms with Crippen molar-refractivity contribution in [2.45, 2.75) is 37.9 Å². The first-order valence-electron chi connectivity index (χ1n) is 6.50. The van der Waals surface area contributed by atoms with Gasteiger partial charge in [-0.25, -0.2) is 13.4 Å². The number of rotatable bonds is 8. The predicted octanol–water partition coefficient (Wildman–Crippen LogP) is 0.229. The minimum Gasteiger partial charge on any atom is -0.389 e. The van der Waals surface area contributed by atoms with Gasteiger partial charge in [-0.1, -0.05) is 6.92 Å².